The maximum Gasteiger partial charge on any atom is 0.243 e. The Morgan fingerprint density at radius 1 is 0.730 bits per heavy atom. The summed E-state index contributed by atoms with van der Waals surface area (Å²) in [6, 6.07) is 8.92. The maximum absolute atomic E-state index is 14.7. The van der Waals surface area contributed by atoms with E-state index in [1.807, 2.05) is 24.3 Å². The average Bonchev–Trinajstić information content (AvgIpc) is 4.04. The van der Waals surface area contributed by atoms with Gasteiger partial charge >= 0.3 is 0 Å². The molecule has 0 aliphatic carbocycles. The highest BCUT2D eigenvalue weighted by Crippen LogP contribution is 2.20. The molecule has 1 unspecified atom stereocenters. The van der Waals surface area contributed by atoms with E-state index in [1.165, 1.54) is 19.4 Å². The van der Waals surface area contributed by atoms with Crippen LogP contribution in [0, 0.1) is 0 Å². The second kappa shape index (κ2) is 29.5. The van der Waals surface area contributed by atoms with Gasteiger partial charge in [0.05, 0.1) is 12.4 Å². The summed E-state index contributed by atoms with van der Waals surface area (Å²) in [5, 5.41) is 33.5. The molecule has 1 aliphatic rings. The van der Waals surface area contributed by atoms with Gasteiger partial charge in [-0.25, -0.2) is 4.98 Å². The van der Waals surface area contributed by atoms with E-state index in [9.17, 15) is 38.7 Å². The van der Waals surface area contributed by atoms with Crippen LogP contribution in [0.15, 0.2) is 83.3 Å². The SMILES string of the molecule is CC(O)N[C@@H](CCCN=C(N)N)C(=O)N[C@H]1CCCNC(=O)CCCNC(=O)[C@H](Cc2c[nH]c3ccccc23)NC(=O)[C@H](CCCN=C(N)N)NC(=O)[C@@H](Cc2ccccc2)NC(=O)[C@H](Cc2cnc[nH]2)NC1=O. The van der Waals surface area contributed by atoms with Crippen LogP contribution in [0.1, 0.15) is 75.1 Å². The highest BCUT2D eigenvalue weighted by atomic mass is 16.3. The minimum absolute atomic E-state index is 0.00632. The van der Waals surface area contributed by atoms with Crippen LogP contribution in [0.2, 0.25) is 0 Å². The highest BCUT2D eigenvalue weighted by molar-refractivity contribution is 5.97. The Morgan fingerprint density at radius 2 is 1.35 bits per heavy atom. The van der Waals surface area contributed by atoms with Gasteiger partial charge in [0.25, 0.3) is 0 Å². The molecule has 0 radical (unpaired) electrons. The molecular weight excluding hydrogens is 955 g/mol. The van der Waals surface area contributed by atoms with Crippen molar-refractivity contribution in [3.63, 3.8) is 0 Å². The predicted molar refractivity (Wildman–Crippen MR) is 277 cm³/mol. The van der Waals surface area contributed by atoms with Crippen molar-refractivity contribution in [2.75, 3.05) is 26.2 Å². The molecule has 19 N–H and O–H groups in total. The van der Waals surface area contributed by atoms with Crippen LogP contribution in [0.5, 0.6) is 0 Å². The average molecular weight is 1030 g/mol. The van der Waals surface area contributed by atoms with E-state index >= 15 is 0 Å². The number of aromatic amines is 2. The summed E-state index contributed by atoms with van der Waals surface area (Å²) in [6.45, 7) is 1.90. The quantitative estimate of drug-likeness (QED) is 0.0213. The smallest absolute Gasteiger partial charge is 0.243 e. The molecule has 5 rings (SSSR count). The zero-order chi connectivity index (χ0) is 53.4. The molecule has 25 heteroatoms. The lowest BCUT2D eigenvalue weighted by Gasteiger charge is -2.28. The van der Waals surface area contributed by atoms with Gasteiger partial charge in [0, 0.05) is 80.9 Å². The number of carbonyl (C=O) groups is 7. The summed E-state index contributed by atoms with van der Waals surface area (Å²) < 4.78 is 0. The number of nitrogens with one attached hydrogen (secondary N) is 10. The molecule has 2 aromatic carbocycles. The van der Waals surface area contributed by atoms with Crippen LogP contribution in [0.4, 0.5) is 0 Å². The van der Waals surface area contributed by atoms with E-state index < -0.39 is 77.9 Å². The van der Waals surface area contributed by atoms with E-state index in [-0.39, 0.29) is 108 Å². The Balaban J connectivity index is 1.50. The molecule has 7 amide bonds. The first-order valence-corrected chi connectivity index (χ1v) is 24.7. The molecule has 7 atom stereocenters. The van der Waals surface area contributed by atoms with Crippen molar-refractivity contribution in [1.82, 2.24) is 57.5 Å². The lowest BCUT2D eigenvalue weighted by Crippen LogP contribution is -2.60. The largest absolute Gasteiger partial charge is 0.379 e. The normalized spacial score (nSPS) is 20.8. The molecule has 0 spiro atoms. The molecule has 1 aliphatic heterocycles. The lowest BCUT2D eigenvalue weighted by molar-refractivity contribution is -0.135. The third kappa shape index (κ3) is 19.2. The standard InChI is InChI=1S/C49H71N17O8/c1-29(67)61-35(15-8-21-57-48(50)51)43(70)62-36-16-7-19-55-41(68)18-10-20-56-42(69)39(24-31-26-59-34-14-6-5-13-33(31)34)65-44(71)37(17-9-22-58-49(52)53)63-46(73)38(23-30-11-3-2-4-12-30)64-47(74)40(66-45(36)72)25-32-27-54-28-60-32/h2-6,11-14,26-29,35-40,59,61,67H,7-10,15-25H2,1H3,(H,54,60)(H,55,68)(H,56,69)(H,62,70)(H,63,73)(H,64,74)(H,65,71)(H,66,72)(H4,50,51,57)(H4,52,53,58)/t29?,35-,36-,37-,38+,39-,40-/m0/s1. The van der Waals surface area contributed by atoms with E-state index in [0.29, 0.717) is 17.7 Å². The van der Waals surface area contributed by atoms with Crippen LogP contribution in [-0.2, 0) is 52.8 Å². The van der Waals surface area contributed by atoms with E-state index in [2.05, 4.69) is 67.5 Å². The number of aromatic nitrogens is 3. The van der Waals surface area contributed by atoms with Crippen molar-refractivity contribution in [3.8, 4) is 0 Å². The fraction of sp³-hybridized carbons (Fsp3) is 0.469. The number of carbonyl (C=O) groups excluding carboxylic acids is 7. The zero-order valence-corrected chi connectivity index (χ0v) is 41.5. The third-order valence-corrected chi connectivity index (χ3v) is 12.0. The topological polar surface area (TPSA) is 409 Å². The fourth-order valence-electron chi connectivity index (χ4n) is 8.31. The number of aliphatic hydroxyl groups is 1. The molecular formula is C49H71N17O8. The first kappa shape index (κ1) is 56.8. The third-order valence-electron chi connectivity index (χ3n) is 12.0. The number of nitrogens with zero attached hydrogens (tertiary/aromatic N) is 3. The highest BCUT2D eigenvalue weighted by Gasteiger charge is 2.34. The van der Waals surface area contributed by atoms with Crippen molar-refractivity contribution in [3.05, 3.63) is 90.1 Å². The zero-order valence-electron chi connectivity index (χ0n) is 41.5. The van der Waals surface area contributed by atoms with Crippen molar-refractivity contribution in [2.24, 2.45) is 32.9 Å². The minimum atomic E-state index is -1.37. The molecule has 74 heavy (non-hydrogen) atoms. The van der Waals surface area contributed by atoms with Crippen LogP contribution >= 0.6 is 0 Å². The van der Waals surface area contributed by atoms with Gasteiger partial charge in [-0.1, -0.05) is 48.5 Å². The molecule has 0 bridgehead atoms. The second-order valence-corrected chi connectivity index (χ2v) is 18.0. The number of guanidine groups is 2. The number of H-pyrrole nitrogens is 2. The summed E-state index contributed by atoms with van der Waals surface area (Å²) in [5.74, 6) is -4.84. The van der Waals surface area contributed by atoms with Crippen LogP contribution in [-0.4, -0.2) is 142 Å². The first-order chi connectivity index (χ1) is 35.6. The molecule has 4 aromatic rings. The summed E-state index contributed by atoms with van der Waals surface area (Å²) in [4.78, 5) is 117. The molecule has 400 valence electrons. The number of para-hydroxylation sites is 1. The minimum Gasteiger partial charge on any atom is -0.379 e. The molecule has 1 saturated heterocycles. The number of nitrogens with two attached hydrogens (primary N) is 4. The fourth-order valence-corrected chi connectivity index (χ4v) is 8.31. The van der Waals surface area contributed by atoms with Crippen LogP contribution < -0.4 is 65.5 Å². The van der Waals surface area contributed by atoms with Gasteiger partial charge < -0.3 is 75.2 Å². The number of hydrogen-bond donors (Lipinski definition) is 15. The van der Waals surface area contributed by atoms with Gasteiger partial charge in [0.2, 0.25) is 41.4 Å². The van der Waals surface area contributed by atoms with Crippen molar-refractivity contribution in [1.29, 1.82) is 0 Å². The Kier molecular flexibility index (Phi) is 22.6. The summed E-state index contributed by atoms with van der Waals surface area (Å²) >= 11 is 0. The number of rotatable bonds is 18. The maximum atomic E-state index is 14.7. The van der Waals surface area contributed by atoms with Gasteiger partial charge in [-0.15, -0.1) is 0 Å². The predicted octanol–water partition coefficient (Wildman–Crippen LogP) is -2.45. The Labute approximate surface area is 428 Å². The lowest BCUT2D eigenvalue weighted by atomic mass is 10.0. The first-order valence-electron chi connectivity index (χ1n) is 24.7. The number of benzene rings is 2. The Morgan fingerprint density at radius 3 is 2.04 bits per heavy atom. The van der Waals surface area contributed by atoms with E-state index in [4.69, 9.17) is 22.9 Å². The van der Waals surface area contributed by atoms with Gasteiger partial charge in [0.15, 0.2) is 11.9 Å². The number of amides is 7. The Bertz CT molecular complexity index is 2530. The van der Waals surface area contributed by atoms with Crippen LogP contribution in [0.3, 0.4) is 0 Å². The van der Waals surface area contributed by atoms with Crippen molar-refractivity contribution in [2.45, 2.75) is 120 Å². The number of aliphatic imine (C=N–C) groups is 2. The van der Waals surface area contributed by atoms with Gasteiger partial charge in [-0.2, -0.15) is 0 Å². The summed E-state index contributed by atoms with van der Waals surface area (Å²) in [7, 11) is 0. The molecule has 25 nitrogen and oxygen atoms in total. The van der Waals surface area contributed by atoms with Crippen molar-refractivity contribution < 1.29 is 38.7 Å². The number of fused-ring (bicyclic) bond motifs is 1. The van der Waals surface area contributed by atoms with Crippen molar-refractivity contribution >= 4 is 64.2 Å². The number of imidazole rings is 1. The second-order valence-electron chi connectivity index (χ2n) is 18.0. The number of aliphatic hydroxyl groups excluding tert-OH is 1. The van der Waals surface area contributed by atoms with Gasteiger partial charge in [-0.05, 0) is 69.1 Å². The summed E-state index contributed by atoms with van der Waals surface area (Å²) in [6.07, 6.45) is 4.53. The van der Waals surface area contributed by atoms with E-state index in [0.717, 1.165) is 16.5 Å². The van der Waals surface area contributed by atoms with E-state index in [1.54, 1.807) is 36.5 Å². The molecule has 0 saturated carbocycles. The van der Waals surface area contributed by atoms with Gasteiger partial charge in [0.1, 0.15) is 36.4 Å². The van der Waals surface area contributed by atoms with Crippen LogP contribution in [0.25, 0.3) is 10.9 Å². The molecule has 1 fully saturated rings. The Hall–Kier alpha value is -8.06. The monoisotopic (exact) mass is 1030 g/mol. The number of hydrogen-bond acceptors (Lipinski definition) is 12. The molecule has 3 heterocycles. The molecule has 2 aromatic heterocycles. The van der Waals surface area contributed by atoms with Gasteiger partial charge in [-0.3, -0.25) is 48.9 Å². The summed E-state index contributed by atoms with van der Waals surface area (Å²) in [5.41, 5.74) is 24.8.